The van der Waals surface area contributed by atoms with Gasteiger partial charge >= 0.3 is 5.97 Å². The van der Waals surface area contributed by atoms with Crippen LogP contribution in [0.15, 0.2) is 30.3 Å². The molecule has 3 rings (SSSR count). The van der Waals surface area contributed by atoms with Crippen molar-refractivity contribution in [1.29, 1.82) is 0 Å². The quantitative estimate of drug-likeness (QED) is 0.640. The van der Waals surface area contributed by atoms with Crippen LogP contribution in [0.5, 0.6) is 0 Å². The van der Waals surface area contributed by atoms with Crippen molar-refractivity contribution in [2.24, 2.45) is 0 Å². The highest BCUT2D eigenvalue weighted by Gasteiger charge is 2.45. The molecule has 2 aliphatic heterocycles. The number of benzene rings is 1. The Morgan fingerprint density at radius 1 is 1.27 bits per heavy atom. The standard InChI is InChI=1S/C19H24N2O4S/c1-24-17(23)15-8-5-11-21(15)18(26)19(9-12-25-13-10-19)20-16(22)14-6-3-2-4-7-14/h2-4,6-7,15H,5,8-13H2,1H3,(H,20,22)/t15-/m0/s1. The summed E-state index contributed by atoms with van der Waals surface area (Å²) in [6.45, 7) is 1.74. The fourth-order valence-corrected chi connectivity index (χ4v) is 4.13. The van der Waals surface area contributed by atoms with Crippen LogP contribution in [-0.2, 0) is 14.3 Å². The maximum Gasteiger partial charge on any atom is 0.328 e. The zero-order valence-electron chi connectivity index (χ0n) is 14.9. The molecule has 0 saturated carbocycles. The maximum absolute atomic E-state index is 12.8. The van der Waals surface area contributed by atoms with Gasteiger partial charge in [0.2, 0.25) is 0 Å². The number of likely N-dealkylation sites (tertiary alicyclic amines) is 1. The molecule has 0 aliphatic carbocycles. The number of carbonyl (C=O) groups is 2. The SMILES string of the molecule is COC(=O)[C@@H]1CCCN1C(=S)C1(NC(=O)c2ccccc2)CCOCC1. The van der Waals surface area contributed by atoms with Crippen molar-refractivity contribution in [3.8, 4) is 0 Å². The van der Waals surface area contributed by atoms with Gasteiger partial charge in [0.25, 0.3) is 5.91 Å². The minimum absolute atomic E-state index is 0.163. The van der Waals surface area contributed by atoms with Gasteiger partial charge in [-0.05, 0) is 25.0 Å². The van der Waals surface area contributed by atoms with Crippen LogP contribution in [0, 0.1) is 0 Å². The molecule has 2 heterocycles. The second-order valence-electron chi connectivity index (χ2n) is 6.69. The molecule has 7 heteroatoms. The van der Waals surface area contributed by atoms with E-state index in [4.69, 9.17) is 21.7 Å². The number of carbonyl (C=O) groups excluding carboxylic acids is 2. The number of hydrogen-bond acceptors (Lipinski definition) is 5. The van der Waals surface area contributed by atoms with E-state index in [1.165, 1.54) is 7.11 Å². The van der Waals surface area contributed by atoms with E-state index in [2.05, 4.69) is 5.32 Å². The number of rotatable bonds is 4. The Balaban J connectivity index is 1.84. The van der Waals surface area contributed by atoms with E-state index < -0.39 is 5.54 Å². The van der Waals surface area contributed by atoms with E-state index in [-0.39, 0.29) is 17.9 Å². The lowest BCUT2D eigenvalue weighted by molar-refractivity contribution is -0.144. The number of ether oxygens (including phenoxy) is 2. The van der Waals surface area contributed by atoms with Gasteiger partial charge in [0.1, 0.15) is 11.0 Å². The summed E-state index contributed by atoms with van der Waals surface area (Å²) in [6.07, 6.45) is 2.77. The third-order valence-corrected chi connectivity index (χ3v) is 5.76. The lowest BCUT2D eigenvalue weighted by Gasteiger charge is -2.42. The summed E-state index contributed by atoms with van der Waals surface area (Å²) in [6, 6.07) is 8.71. The molecular formula is C19H24N2O4S. The van der Waals surface area contributed by atoms with Crippen molar-refractivity contribution >= 4 is 29.1 Å². The van der Waals surface area contributed by atoms with Gasteiger partial charge in [0, 0.05) is 38.2 Å². The molecule has 6 nitrogen and oxygen atoms in total. The molecule has 0 spiro atoms. The minimum Gasteiger partial charge on any atom is -0.467 e. The van der Waals surface area contributed by atoms with E-state index >= 15 is 0 Å². The highest BCUT2D eigenvalue weighted by atomic mass is 32.1. The smallest absolute Gasteiger partial charge is 0.328 e. The summed E-state index contributed by atoms with van der Waals surface area (Å²) < 4.78 is 10.4. The third kappa shape index (κ3) is 3.73. The van der Waals surface area contributed by atoms with Gasteiger partial charge in [-0.2, -0.15) is 0 Å². The zero-order valence-corrected chi connectivity index (χ0v) is 15.7. The Bertz CT molecular complexity index is 673. The largest absolute Gasteiger partial charge is 0.467 e. The van der Waals surface area contributed by atoms with Crippen LogP contribution in [0.4, 0.5) is 0 Å². The predicted octanol–water partition coefficient (Wildman–Crippen LogP) is 1.93. The van der Waals surface area contributed by atoms with Gasteiger partial charge in [-0.15, -0.1) is 0 Å². The van der Waals surface area contributed by atoms with Crippen LogP contribution >= 0.6 is 12.2 Å². The molecule has 0 unspecified atom stereocenters. The second-order valence-corrected chi connectivity index (χ2v) is 7.08. The van der Waals surface area contributed by atoms with Crippen LogP contribution in [0.25, 0.3) is 0 Å². The second kappa shape index (κ2) is 8.14. The molecule has 1 N–H and O–H groups in total. The Morgan fingerprint density at radius 2 is 1.96 bits per heavy atom. The van der Waals surface area contributed by atoms with Crippen LogP contribution in [0.1, 0.15) is 36.0 Å². The number of esters is 1. The van der Waals surface area contributed by atoms with Gasteiger partial charge in [0.15, 0.2) is 0 Å². The molecule has 0 aromatic heterocycles. The molecule has 0 radical (unpaired) electrons. The van der Waals surface area contributed by atoms with Crippen molar-refractivity contribution in [3.63, 3.8) is 0 Å². The average Bonchev–Trinajstić information content (AvgIpc) is 3.17. The highest BCUT2D eigenvalue weighted by molar-refractivity contribution is 7.80. The number of amides is 1. The Labute approximate surface area is 158 Å². The average molecular weight is 376 g/mol. The highest BCUT2D eigenvalue weighted by Crippen LogP contribution is 2.30. The summed E-state index contributed by atoms with van der Waals surface area (Å²) in [4.78, 5) is 27.4. The number of thiocarbonyl (C=S) groups is 1. The first kappa shape index (κ1) is 18.8. The van der Waals surface area contributed by atoms with Gasteiger partial charge in [-0.3, -0.25) is 4.79 Å². The van der Waals surface area contributed by atoms with E-state index in [9.17, 15) is 9.59 Å². The molecular weight excluding hydrogens is 352 g/mol. The number of methoxy groups -OCH3 is 1. The lowest BCUT2D eigenvalue weighted by Crippen LogP contribution is -2.62. The van der Waals surface area contributed by atoms with E-state index in [1.54, 1.807) is 12.1 Å². The molecule has 1 atom stereocenters. The first-order valence-electron chi connectivity index (χ1n) is 8.91. The van der Waals surface area contributed by atoms with E-state index in [1.807, 2.05) is 23.1 Å². The van der Waals surface area contributed by atoms with Crippen LogP contribution in [0.3, 0.4) is 0 Å². The van der Waals surface area contributed by atoms with Crippen molar-refractivity contribution in [2.75, 3.05) is 26.9 Å². The summed E-state index contributed by atoms with van der Waals surface area (Å²) in [5.74, 6) is -0.440. The summed E-state index contributed by atoms with van der Waals surface area (Å²) in [5.41, 5.74) is -0.0935. The van der Waals surface area contributed by atoms with Gasteiger partial charge in [0.05, 0.1) is 12.6 Å². The Morgan fingerprint density at radius 3 is 2.62 bits per heavy atom. The minimum atomic E-state index is -0.683. The molecule has 2 fully saturated rings. The monoisotopic (exact) mass is 376 g/mol. The molecule has 0 bridgehead atoms. The van der Waals surface area contributed by atoms with Gasteiger partial charge in [-0.25, -0.2) is 4.79 Å². The van der Waals surface area contributed by atoms with Crippen molar-refractivity contribution < 1.29 is 19.1 Å². The number of hydrogen-bond donors (Lipinski definition) is 1. The summed E-state index contributed by atoms with van der Waals surface area (Å²) >= 11 is 5.81. The fraction of sp³-hybridized carbons (Fsp3) is 0.526. The molecule has 2 saturated heterocycles. The van der Waals surface area contributed by atoms with E-state index in [0.717, 1.165) is 6.42 Å². The lowest BCUT2D eigenvalue weighted by atomic mass is 9.88. The van der Waals surface area contributed by atoms with Crippen LogP contribution in [0.2, 0.25) is 0 Å². The Kier molecular flexibility index (Phi) is 5.88. The Hall–Kier alpha value is -1.99. The zero-order chi connectivity index (χ0) is 18.6. The molecule has 1 amide bonds. The van der Waals surface area contributed by atoms with Crippen LogP contribution in [-0.4, -0.2) is 60.2 Å². The maximum atomic E-state index is 12.8. The predicted molar refractivity (Wildman–Crippen MR) is 101 cm³/mol. The summed E-state index contributed by atoms with van der Waals surface area (Å²) in [7, 11) is 1.39. The molecule has 1 aromatic rings. The number of nitrogens with one attached hydrogen (secondary N) is 1. The first-order valence-corrected chi connectivity index (χ1v) is 9.32. The van der Waals surface area contributed by atoms with Crippen molar-refractivity contribution in [2.45, 2.75) is 37.3 Å². The topological polar surface area (TPSA) is 67.9 Å². The van der Waals surface area contributed by atoms with Crippen molar-refractivity contribution in [3.05, 3.63) is 35.9 Å². The molecule has 1 aromatic carbocycles. The molecule has 140 valence electrons. The van der Waals surface area contributed by atoms with Crippen LogP contribution < -0.4 is 5.32 Å². The van der Waals surface area contributed by atoms with Gasteiger partial charge in [-0.1, -0.05) is 30.4 Å². The molecule has 26 heavy (non-hydrogen) atoms. The van der Waals surface area contributed by atoms with E-state index in [0.29, 0.717) is 49.6 Å². The van der Waals surface area contributed by atoms with Gasteiger partial charge < -0.3 is 19.7 Å². The molecule has 2 aliphatic rings. The normalized spacial score (nSPS) is 21.9. The number of nitrogens with zero attached hydrogens (tertiary/aromatic N) is 1. The summed E-state index contributed by atoms with van der Waals surface area (Å²) in [5, 5.41) is 3.15. The first-order chi connectivity index (χ1) is 12.6. The third-order valence-electron chi connectivity index (χ3n) is 5.13. The fourth-order valence-electron chi connectivity index (χ4n) is 3.66. The van der Waals surface area contributed by atoms with Crippen molar-refractivity contribution in [1.82, 2.24) is 10.2 Å².